The van der Waals surface area contributed by atoms with Gasteiger partial charge in [0.15, 0.2) is 0 Å². The summed E-state index contributed by atoms with van der Waals surface area (Å²) < 4.78 is 5.67. The van der Waals surface area contributed by atoms with Crippen molar-refractivity contribution in [1.29, 1.82) is 0 Å². The summed E-state index contributed by atoms with van der Waals surface area (Å²) in [7, 11) is 0. The minimum absolute atomic E-state index is 0.695. The van der Waals surface area contributed by atoms with Crippen molar-refractivity contribution < 1.29 is 4.74 Å². The Labute approximate surface area is 112 Å². The minimum atomic E-state index is 0.695. The van der Waals surface area contributed by atoms with Crippen molar-refractivity contribution in [2.24, 2.45) is 5.73 Å². The van der Waals surface area contributed by atoms with Gasteiger partial charge in [0, 0.05) is 23.5 Å². The fraction of sp³-hybridized carbons (Fsp3) is 0.200. The third kappa shape index (κ3) is 2.17. The van der Waals surface area contributed by atoms with Crippen LogP contribution in [0.2, 0.25) is 0 Å². The van der Waals surface area contributed by atoms with E-state index in [0.717, 1.165) is 35.4 Å². The summed E-state index contributed by atoms with van der Waals surface area (Å²) in [4.78, 5) is 8.30. The lowest BCUT2D eigenvalue weighted by Gasteiger charge is -2.12. The molecule has 0 unspecified atom stereocenters. The highest BCUT2D eigenvalue weighted by atomic mass is 16.5. The first kappa shape index (κ1) is 11.7. The van der Waals surface area contributed by atoms with E-state index in [0.29, 0.717) is 6.61 Å². The fourth-order valence-corrected chi connectivity index (χ4v) is 2.42. The van der Waals surface area contributed by atoms with Crippen molar-refractivity contribution >= 4 is 5.76 Å². The van der Waals surface area contributed by atoms with E-state index >= 15 is 0 Å². The van der Waals surface area contributed by atoms with E-state index in [-0.39, 0.29) is 0 Å². The van der Waals surface area contributed by atoms with Gasteiger partial charge >= 0.3 is 0 Å². The molecular formula is C15H15N3O. The Hall–Kier alpha value is -2.36. The second-order valence-corrected chi connectivity index (χ2v) is 4.41. The highest BCUT2D eigenvalue weighted by Gasteiger charge is 2.17. The number of benzene rings is 1. The van der Waals surface area contributed by atoms with Gasteiger partial charge in [-0.15, -0.1) is 0 Å². The summed E-state index contributed by atoms with van der Waals surface area (Å²) in [5, 5.41) is 0. The highest BCUT2D eigenvalue weighted by Crippen LogP contribution is 2.32. The Kier molecular flexibility index (Phi) is 3.14. The number of aromatic nitrogens is 2. The maximum atomic E-state index is 5.67. The lowest BCUT2D eigenvalue weighted by molar-refractivity contribution is 0.277. The molecule has 0 bridgehead atoms. The molecule has 2 aromatic rings. The van der Waals surface area contributed by atoms with Gasteiger partial charge in [-0.1, -0.05) is 18.2 Å². The first-order chi connectivity index (χ1) is 9.40. The Morgan fingerprint density at radius 3 is 2.89 bits per heavy atom. The summed E-state index contributed by atoms with van der Waals surface area (Å²) in [5.41, 5.74) is 10.0. The Morgan fingerprint density at radius 2 is 2.11 bits per heavy atom. The van der Waals surface area contributed by atoms with E-state index in [1.54, 1.807) is 12.5 Å². The number of hydrogen-bond donors (Lipinski definition) is 1. The lowest BCUT2D eigenvalue weighted by atomic mass is 9.95. The maximum absolute atomic E-state index is 5.67. The highest BCUT2D eigenvalue weighted by molar-refractivity contribution is 5.73. The van der Waals surface area contributed by atoms with Crippen LogP contribution >= 0.6 is 0 Å². The Balaban J connectivity index is 2.18. The summed E-state index contributed by atoms with van der Waals surface area (Å²) in [5.74, 6) is 0.753. The van der Waals surface area contributed by atoms with Gasteiger partial charge in [0.25, 0.3) is 0 Å². The Morgan fingerprint density at radius 1 is 1.21 bits per heavy atom. The topological polar surface area (TPSA) is 61.0 Å². The zero-order chi connectivity index (χ0) is 13.1. The summed E-state index contributed by atoms with van der Waals surface area (Å²) in [6.45, 7) is 0.695. The molecule has 1 aliphatic heterocycles. The van der Waals surface area contributed by atoms with Gasteiger partial charge in [-0.25, -0.2) is 9.97 Å². The van der Waals surface area contributed by atoms with Gasteiger partial charge in [0.1, 0.15) is 12.1 Å². The number of fused-ring (bicyclic) bond motifs is 1. The van der Waals surface area contributed by atoms with Crippen molar-refractivity contribution in [2.45, 2.75) is 12.8 Å². The molecule has 19 heavy (non-hydrogen) atoms. The second kappa shape index (κ2) is 5.10. The molecule has 4 nitrogen and oxygen atoms in total. The molecule has 3 rings (SSSR count). The Bertz CT molecular complexity index is 608. The van der Waals surface area contributed by atoms with Gasteiger partial charge in [-0.3, -0.25) is 0 Å². The molecule has 0 aliphatic carbocycles. The molecule has 0 amide bonds. The molecule has 0 saturated heterocycles. The SMILES string of the molecule is N/C=C1\OCCCc2c1cccc2-c1ccncn1. The first-order valence-electron chi connectivity index (χ1n) is 6.33. The zero-order valence-electron chi connectivity index (χ0n) is 10.5. The normalized spacial score (nSPS) is 16.5. The van der Waals surface area contributed by atoms with Gasteiger partial charge in [0.05, 0.1) is 12.3 Å². The van der Waals surface area contributed by atoms with Crippen LogP contribution in [0, 0.1) is 0 Å². The van der Waals surface area contributed by atoms with Crippen LogP contribution in [0.1, 0.15) is 17.5 Å². The van der Waals surface area contributed by atoms with Crippen LogP contribution < -0.4 is 5.73 Å². The largest absolute Gasteiger partial charge is 0.491 e. The third-order valence-electron chi connectivity index (χ3n) is 3.28. The lowest BCUT2D eigenvalue weighted by Crippen LogP contribution is -1.98. The molecule has 1 aromatic heterocycles. The van der Waals surface area contributed by atoms with Crippen molar-refractivity contribution in [3.8, 4) is 11.3 Å². The van der Waals surface area contributed by atoms with Crippen LogP contribution in [0.4, 0.5) is 0 Å². The van der Waals surface area contributed by atoms with E-state index in [4.69, 9.17) is 10.5 Å². The van der Waals surface area contributed by atoms with Crippen molar-refractivity contribution in [3.05, 3.63) is 54.1 Å². The number of nitrogens with two attached hydrogens (primary N) is 1. The van der Waals surface area contributed by atoms with Crippen molar-refractivity contribution in [1.82, 2.24) is 9.97 Å². The molecule has 1 aromatic carbocycles. The predicted octanol–water partition coefficient (Wildman–Crippen LogP) is 2.36. The van der Waals surface area contributed by atoms with Crippen LogP contribution in [-0.4, -0.2) is 16.6 Å². The van der Waals surface area contributed by atoms with Crippen LogP contribution in [0.5, 0.6) is 0 Å². The standard InChI is InChI=1S/C15H15N3O/c16-9-15-13-4-1-3-12(11(13)5-2-8-19-15)14-6-7-17-10-18-14/h1,3-4,6-7,9-10H,2,5,8,16H2/b15-9-. The molecule has 0 radical (unpaired) electrons. The quantitative estimate of drug-likeness (QED) is 0.847. The third-order valence-corrected chi connectivity index (χ3v) is 3.28. The van der Waals surface area contributed by atoms with Gasteiger partial charge in [0.2, 0.25) is 0 Å². The maximum Gasteiger partial charge on any atom is 0.142 e. The van der Waals surface area contributed by atoms with Crippen LogP contribution in [0.15, 0.2) is 43.0 Å². The molecular weight excluding hydrogens is 238 g/mol. The summed E-state index contributed by atoms with van der Waals surface area (Å²) >= 11 is 0. The molecule has 2 heterocycles. The zero-order valence-corrected chi connectivity index (χ0v) is 10.5. The van der Waals surface area contributed by atoms with Crippen LogP contribution in [0.3, 0.4) is 0 Å². The van der Waals surface area contributed by atoms with Crippen molar-refractivity contribution in [3.63, 3.8) is 0 Å². The van der Waals surface area contributed by atoms with E-state index in [2.05, 4.69) is 16.0 Å². The van der Waals surface area contributed by atoms with Gasteiger partial charge in [-0.05, 0) is 24.5 Å². The molecule has 2 N–H and O–H groups in total. The predicted molar refractivity (Wildman–Crippen MR) is 73.9 cm³/mol. The van der Waals surface area contributed by atoms with E-state index in [9.17, 15) is 0 Å². The van der Waals surface area contributed by atoms with E-state index in [1.807, 2.05) is 18.2 Å². The molecule has 1 aliphatic rings. The summed E-state index contributed by atoms with van der Waals surface area (Å²) in [6, 6.07) is 8.06. The average molecular weight is 253 g/mol. The van der Waals surface area contributed by atoms with Gasteiger partial charge < -0.3 is 10.5 Å². The molecule has 0 spiro atoms. The van der Waals surface area contributed by atoms with E-state index in [1.165, 1.54) is 11.8 Å². The molecule has 0 fully saturated rings. The van der Waals surface area contributed by atoms with Crippen LogP contribution in [0.25, 0.3) is 17.0 Å². The number of nitrogens with zero attached hydrogens (tertiary/aromatic N) is 2. The number of rotatable bonds is 1. The van der Waals surface area contributed by atoms with Gasteiger partial charge in [-0.2, -0.15) is 0 Å². The first-order valence-corrected chi connectivity index (χ1v) is 6.33. The fourth-order valence-electron chi connectivity index (χ4n) is 2.42. The number of hydrogen-bond acceptors (Lipinski definition) is 4. The van der Waals surface area contributed by atoms with Crippen molar-refractivity contribution in [2.75, 3.05) is 6.61 Å². The minimum Gasteiger partial charge on any atom is -0.491 e. The molecule has 0 atom stereocenters. The smallest absolute Gasteiger partial charge is 0.142 e. The molecule has 96 valence electrons. The molecule has 0 saturated carbocycles. The average Bonchev–Trinajstić information content (AvgIpc) is 2.69. The number of ether oxygens (including phenoxy) is 1. The van der Waals surface area contributed by atoms with Crippen LogP contribution in [-0.2, 0) is 11.2 Å². The summed E-state index contributed by atoms with van der Waals surface area (Å²) in [6.07, 6.45) is 6.81. The second-order valence-electron chi connectivity index (χ2n) is 4.41. The van der Waals surface area contributed by atoms with E-state index < -0.39 is 0 Å². The monoisotopic (exact) mass is 253 g/mol. The molecule has 4 heteroatoms.